The summed E-state index contributed by atoms with van der Waals surface area (Å²) < 4.78 is 33.9. The SMILES string of the molecule is CCOC(=O)c1cc(S(=O)(=O)N2CCC[C@H]2C(=O)NCc2ccccc2Cl)cn1C. The van der Waals surface area contributed by atoms with E-state index in [1.807, 2.05) is 6.07 Å². The average molecular weight is 454 g/mol. The Bertz CT molecular complexity index is 1050. The van der Waals surface area contributed by atoms with Crippen molar-refractivity contribution < 1.29 is 22.7 Å². The molecule has 1 amide bonds. The predicted molar refractivity (Wildman–Crippen MR) is 112 cm³/mol. The number of nitrogens with zero attached hydrogens (tertiary/aromatic N) is 2. The molecule has 0 bridgehead atoms. The van der Waals surface area contributed by atoms with E-state index in [2.05, 4.69) is 5.32 Å². The number of hydrogen-bond acceptors (Lipinski definition) is 5. The summed E-state index contributed by atoms with van der Waals surface area (Å²) in [6.07, 6.45) is 2.35. The molecule has 1 aromatic carbocycles. The number of sulfonamides is 1. The van der Waals surface area contributed by atoms with E-state index in [-0.39, 0.29) is 36.2 Å². The number of rotatable bonds is 7. The van der Waals surface area contributed by atoms with Gasteiger partial charge in [-0.2, -0.15) is 4.31 Å². The summed E-state index contributed by atoms with van der Waals surface area (Å²) in [6.45, 7) is 2.30. The molecule has 1 saturated heterocycles. The van der Waals surface area contributed by atoms with Gasteiger partial charge in [0.15, 0.2) is 0 Å². The summed E-state index contributed by atoms with van der Waals surface area (Å²) in [5, 5.41) is 3.31. The van der Waals surface area contributed by atoms with Crippen LogP contribution in [0.4, 0.5) is 0 Å². The zero-order chi connectivity index (χ0) is 21.9. The molecule has 1 N–H and O–H groups in total. The number of hydrogen-bond donors (Lipinski definition) is 1. The molecule has 0 spiro atoms. The van der Waals surface area contributed by atoms with Crippen molar-refractivity contribution in [2.24, 2.45) is 7.05 Å². The van der Waals surface area contributed by atoms with Gasteiger partial charge in [0.2, 0.25) is 15.9 Å². The van der Waals surface area contributed by atoms with E-state index in [0.29, 0.717) is 17.9 Å². The quantitative estimate of drug-likeness (QED) is 0.649. The zero-order valence-corrected chi connectivity index (χ0v) is 18.4. The van der Waals surface area contributed by atoms with E-state index in [1.54, 1.807) is 32.2 Å². The van der Waals surface area contributed by atoms with Gasteiger partial charge < -0.3 is 14.6 Å². The smallest absolute Gasteiger partial charge is 0.354 e. The molecule has 1 aromatic heterocycles. The van der Waals surface area contributed by atoms with E-state index >= 15 is 0 Å². The Labute approximate surface area is 180 Å². The maximum atomic E-state index is 13.2. The van der Waals surface area contributed by atoms with Crippen molar-refractivity contribution in [1.29, 1.82) is 0 Å². The molecule has 0 radical (unpaired) electrons. The average Bonchev–Trinajstić information content (AvgIpc) is 3.35. The van der Waals surface area contributed by atoms with Gasteiger partial charge in [0.1, 0.15) is 16.6 Å². The molecule has 1 fully saturated rings. The van der Waals surface area contributed by atoms with Crippen LogP contribution in [0.3, 0.4) is 0 Å². The van der Waals surface area contributed by atoms with Crippen LogP contribution in [0.2, 0.25) is 5.02 Å². The summed E-state index contributed by atoms with van der Waals surface area (Å²) in [5.74, 6) is -0.977. The molecule has 3 rings (SSSR count). The molecule has 2 aromatic rings. The van der Waals surface area contributed by atoms with Crippen molar-refractivity contribution in [2.75, 3.05) is 13.2 Å². The maximum Gasteiger partial charge on any atom is 0.354 e. The minimum atomic E-state index is -3.96. The molecule has 30 heavy (non-hydrogen) atoms. The molecule has 0 saturated carbocycles. The number of ether oxygens (including phenoxy) is 1. The van der Waals surface area contributed by atoms with E-state index in [1.165, 1.54) is 21.1 Å². The fraction of sp³-hybridized carbons (Fsp3) is 0.400. The Balaban J connectivity index is 1.77. The van der Waals surface area contributed by atoms with Crippen LogP contribution in [0.5, 0.6) is 0 Å². The number of carbonyl (C=O) groups excluding carboxylic acids is 2. The third kappa shape index (κ3) is 4.53. The highest BCUT2D eigenvalue weighted by molar-refractivity contribution is 7.89. The van der Waals surface area contributed by atoms with Crippen LogP contribution in [0.1, 0.15) is 35.8 Å². The first kappa shape index (κ1) is 22.3. The van der Waals surface area contributed by atoms with Gasteiger partial charge in [0.05, 0.1) is 6.61 Å². The Kier molecular flexibility index (Phi) is 6.84. The van der Waals surface area contributed by atoms with E-state index in [0.717, 1.165) is 5.56 Å². The normalized spacial score (nSPS) is 17.1. The molecule has 0 aliphatic carbocycles. The Morgan fingerprint density at radius 1 is 1.30 bits per heavy atom. The first-order chi connectivity index (χ1) is 14.3. The van der Waals surface area contributed by atoms with Gasteiger partial charge >= 0.3 is 5.97 Å². The number of aryl methyl sites for hydroxylation is 1. The number of esters is 1. The Morgan fingerprint density at radius 2 is 2.03 bits per heavy atom. The summed E-state index contributed by atoms with van der Waals surface area (Å²) >= 11 is 6.12. The molecule has 8 nitrogen and oxygen atoms in total. The maximum absolute atomic E-state index is 13.2. The zero-order valence-electron chi connectivity index (χ0n) is 16.8. The lowest BCUT2D eigenvalue weighted by atomic mass is 10.2. The minimum absolute atomic E-state index is 0.0427. The minimum Gasteiger partial charge on any atom is -0.461 e. The number of amides is 1. The van der Waals surface area contributed by atoms with Gasteiger partial charge in [-0.3, -0.25) is 4.79 Å². The molecule has 0 unspecified atom stereocenters. The Morgan fingerprint density at radius 3 is 2.73 bits per heavy atom. The van der Waals surface area contributed by atoms with Gasteiger partial charge in [0, 0.05) is 31.4 Å². The van der Waals surface area contributed by atoms with Gasteiger partial charge in [-0.15, -0.1) is 0 Å². The topological polar surface area (TPSA) is 97.7 Å². The monoisotopic (exact) mass is 453 g/mol. The number of halogens is 1. The number of benzene rings is 1. The molecule has 10 heteroatoms. The van der Waals surface area contributed by atoms with Crippen molar-refractivity contribution in [1.82, 2.24) is 14.2 Å². The number of nitrogens with one attached hydrogen (secondary N) is 1. The first-order valence-electron chi connectivity index (χ1n) is 9.62. The van der Waals surface area contributed by atoms with Gasteiger partial charge in [-0.05, 0) is 37.5 Å². The largest absolute Gasteiger partial charge is 0.461 e. The Hall–Kier alpha value is -2.36. The van der Waals surface area contributed by atoms with E-state index in [4.69, 9.17) is 16.3 Å². The van der Waals surface area contributed by atoms with Gasteiger partial charge in [-0.25, -0.2) is 13.2 Å². The van der Waals surface area contributed by atoms with Crippen LogP contribution in [0.15, 0.2) is 41.4 Å². The second-order valence-corrected chi connectivity index (χ2v) is 9.27. The molecular formula is C20H24ClN3O5S. The van der Waals surface area contributed by atoms with Crippen LogP contribution in [-0.2, 0) is 33.1 Å². The van der Waals surface area contributed by atoms with Crippen molar-refractivity contribution >= 4 is 33.5 Å². The van der Waals surface area contributed by atoms with Crippen LogP contribution >= 0.6 is 11.6 Å². The molecule has 162 valence electrons. The summed E-state index contributed by atoms with van der Waals surface area (Å²) in [4.78, 5) is 24.7. The van der Waals surface area contributed by atoms with Crippen LogP contribution in [-0.4, -0.2) is 48.4 Å². The summed E-state index contributed by atoms with van der Waals surface area (Å²) in [6, 6.07) is 7.60. The standard InChI is InChI=1S/C20H24ClN3O5S/c1-3-29-20(26)18-11-15(13-23(18)2)30(27,28)24-10-6-9-17(24)19(25)22-12-14-7-4-5-8-16(14)21/h4-5,7-8,11,13,17H,3,6,9-10,12H2,1-2H3,(H,22,25)/t17-/m0/s1. The molecule has 1 aliphatic heterocycles. The van der Waals surface area contributed by atoms with E-state index < -0.39 is 22.0 Å². The van der Waals surface area contributed by atoms with Crippen molar-refractivity contribution in [2.45, 2.75) is 37.2 Å². The molecule has 2 heterocycles. The fourth-order valence-electron chi connectivity index (χ4n) is 3.45. The molecular weight excluding hydrogens is 430 g/mol. The highest BCUT2D eigenvalue weighted by Gasteiger charge is 2.40. The lowest BCUT2D eigenvalue weighted by molar-refractivity contribution is -0.124. The summed E-state index contributed by atoms with van der Waals surface area (Å²) in [7, 11) is -2.38. The second kappa shape index (κ2) is 9.20. The van der Waals surface area contributed by atoms with Crippen LogP contribution in [0, 0.1) is 0 Å². The third-order valence-electron chi connectivity index (χ3n) is 4.99. The first-order valence-corrected chi connectivity index (χ1v) is 11.4. The van der Waals surface area contributed by atoms with Crippen LogP contribution < -0.4 is 5.32 Å². The highest BCUT2D eigenvalue weighted by Crippen LogP contribution is 2.27. The molecule has 1 aliphatic rings. The number of aromatic nitrogens is 1. The predicted octanol–water partition coefficient (Wildman–Crippen LogP) is 2.32. The third-order valence-corrected chi connectivity index (χ3v) is 7.23. The van der Waals surface area contributed by atoms with Crippen molar-refractivity contribution in [3.8, 4) is 0 Å². The fourth-order valence-corrected chi connectivity index (χ4v) is 5.38. The van der Waals surface area contributed by atoms with E-state index in [9.17, 15) is 18.0 Å². The van der Waals surface area contributed by atoms with Crippen molar-refractivity contribution in [3.63, 3.8) is 0 Å². The van der Waals surface area contributed by atoms with Gasteiger partial charge in [-0.1, -0.05) is 29.8 Å². The summed E-state index contributed by atoms with van der Waals surface area (Å²) in [5.41, 5.74) is 0.886. The van der Waals surface area contributed by atoms with Gasteiger partial charge in [0.25, 0.3) is 0 Å². The van der Waals surface area contributed by atoms with Crippen LogP contribution in [0.25, 0.3) is 0 Å². The second-order valence-electron chi connectivity index (χ2n) is 6.98. The van der Waals surface area contributed by atoms with Crippen molar-refractivity contribution in [3.05, 3.63) is 52.8 Å². The highest BCUT2D eigenvalue weighted by atomic mass is 35.5. The number of carbonyl (C=O) groups is 2. The molecule has 1 atom stereocenters. The lowest BCUT2D eigenvalue weighted by Gasteiger charge is -2.23. The lowest BCUT2D eigenvalue weighted by Crippen LogP contribution is -2.45.